The smallest absolute Gasteiger partial charge is 0.338 e. The Kier molecular flexibility index (Phi) is 5.51. The summed E-state index contributed by atoms with van der Waals surface area (Å²) in [5.74, 6) is -1.73. The second-order valence-corrected chi connectivity index (χ2v) is 6.78. The summed E-state index contributed by atoms with van der Waals surface area (Å²) >= 11 is 1.06. The molecule has 2 aromatic carbocycles. The van der Waals surface area contributed by atoms with Gasteiger partial charge in [0.15, 0.2) is 5.17 Å². The molecule has 0 unspecified atom stereocenters. The Balaban J connectivity index is 2.05. The first kappa shape index (κ1) is 19.2. The van der Waals surface area contributed by atoms with Crippen molar-refractivity contribution in [2.45, 2.75) is 0 Å². The number of aromatic carboxylic acids is 1. The molecule has 142 valence electrons. The number of carbonyl (C=O) groups is 2. The van der Waals surface area contributed by atoms with Gasteiger partial charge in [0.2, 0.25) is 0 Å². The van der Waals surface area contributed by atoms with Crippen LogP contribution in [-0.2, 0) is 4.79 Å². The molecule has 28 heavy (non-hydrogen) atoms. The van der Waals surface area contributed by atoms with E-state index in [1.165, 1.54) is 29.2 Å². The van der Waals surface area contributed by atoms with Crippen LogP contribution in [0, 0.1) is 0 Å². The predicted octanol–water partition coefficient (Wildman–Crippen LogP) is 3.59. The molecule has 1 aliphatic rings. The molecule has 1 fully saturated rings. The number of hydrogen-bond donors (Lipinski definition) is 3. The Hall–Kier alpha value is -3.52. The highest BCUT2D eigenvalue weighted by Crippen LogP contribution is 2.36. The highest BCUT2D eigenvalue weighted by atomic mass is 32.2. The molecular weight excluding hydrogens is 380 g/mol. The maximum Gasteiger partial charge on any atom is 0.338 e. The molecular formula is C20H16N2O5S. The summed E-state index contributed by atoms with van der Waals surface area (Å²) in [6, 6.07) is 10.4. The number of rotatable bonds is 5. The second kappa shape index (κ2) is 8.01. The molecule has 1 heterocycles. The standard InChI is InChI=1S/C20H16N2O5S/c1-2-9-22-18(25)17(10-12-5-3-4-6-16(12)24)28-20(22)21-15-8-7-13(23)11-14(15)19(26)27/h2-8,10-11,23-24H,1,9H2,(H,26,27)/b17-10-,21-20?. The number of aliphatic imine (C=N–C) groups is 1. The molecule has 7 nitrogen and oxygen atoms in total. The molecule has 1 amide bonds. The number of carboxylic acid groups (broad SMARTS) is 1. The van der Waals surface area contributed by atoms with Crippen LogP contribution in [0.1, 0.15) is 15.9 Å². The molecule has 1 saturated heterocycles. The Labute approximate surface area is 165 Å². The number of para-hydroxylation sites is 1. The first-order valence-electron chi connectivity index (χ1n) is 8.16. The number of amidine groups is 1. The van der Waals surface area contributed by atoms with Crippen LogP contribution in [-0.4, -0.2) is 43.8 Å². The summed E-state index contributed by atoms with van der Waals surface area (Å²) in [5, 5.41) is 29.1. The maximum absolute atomic E-state index is 12.8. The van der Waals surface area contributed by atoms with Gasteiger partial charge in [-0.3, -0.25) is 9.69 Å². The Bertz CT molecular complexity index is 1030. The third-order valence-corrected chi connectivity index (χ3v) is 4.86. The van der Waals surface area contributed by atoms with Crippen molar-refractivity contribution in [1.29, 1.82) is 0 Å². The Morgan fingerprint density at radius 1 is 1.21 bits per heavy atom. The van der Waals surface area contributed by atoms with E-state index in [9.17, 15) is 24.9 Å². The lowest BCUT2D eigenvalue weighted by atomic mass is 10.2. The van der Waals surface area contributed by atoms with Gasteiger partial charge in [-0.2, -0.15) is 0 Å². The Morgan fingerprint density at radius 2 is 1.96 bits per heavy atom. The van der Waals surface area contributed by atoms with Crippen LogP contribution in [0.4, 0.5) is 5.69 Å². The van der Waals surface area contributed by atoms with E-state index >= 15 is 0 Å². The van der Waals surface area contributed by atoms with Crippen molar-refractivity contribution < 1.29 is 24.9 Å². The van der Waals surface area contributed by atoms with E-state index < -0.39 is 5.97 Å². The van der Waals surface area contributed by atoms with Crippen LogP contribution >= 0.6 is 11.8 Å². The zero-order valence-electron chi connectivity index (χ0n) is 14.6. The third-order valence-electron chi connectivity index (χ3n) is 3.85. The van der Waals surface area contributed by atoms with E-state index in [0.29, 0.717) is 10.5 Å². The van der Waals surface area contributed by atoms with Crippen LogP contribution in [0.25, 0.3) is 6.08 Å². The van der Waals surface area contributed by atoms with E-state index in [2.05, 4.69) is 11.6 Å². The number of phenols is 2. The van der Waals surface area contributed by atoms with Gasteiger partial charge in [0.25, 0.3) is 5.91 Å². The second-order valence-electron chi connectivity index (χ2n) is 5.77. The summed E-state index contributed by atoms with van der Waals surface area (Å²) in [7, 11) is 0. The number of hydrogen-bond acceptors (Lipinski definition) is 6. The molecule has 0 radical (unpaired) electrons. The highest BCUT2D eigenvalue weighted by Gasteiger charge is 2.33. The third kappa shape index (κ3) is 3.91. The van der Waals surface area contributed by atoms with Crippen molar-refractivity contribution in [3.05, 3.63) is 71.2 Å². The zero-order valence-corrected chi connectivity index (χ0v) is 15.4. The minimum Gasteiger partial charge on any atom is -0.508 e. The molecule has 0 bridgehead atoms. The van der Waals surface area contributed by atoms with E-state index in [-0.39, 0.29) is 40.4 Å². The highest BCUT2D eigenvalue weighted by molar-refractivity contribution is 8.18. The van der Waals surface area contributed by atoms with E-state index in [4.69, 9.17) is 0 Å². The Morgan fingerprint density at radius 3 is 2.64 bits per heavy atom. The maximum atomic E-state index is 12.8. The van der Waals surface area contributed by atoms with Crippen molar-refractivity contribution in [2.75, 3.05) is 6.54 Å². The SMILES string of the molecule is C=CCN1C(=O)/C(=C/c2ccccc2O)SC1=Nc1ccc(O)cc1C(=O)O. The van der Waals surface area contributed by atoms with Crippen LogP contribution in [0.15, 0.2) is 65.0 Å². The fourth-order valence-corrected chi connectivity index (χ4v) is 3.52. The summed E-state index contributed by atoms with van der Waals surface area (Å²) in [4.78, 5) is 30.2. The summed E-state index contributed by atoms with van der Waals surface area (Å²) in [5.41, 5.74) is 0.407. The molecule has 0 aromatic heterocycles. The first-order chi connectivity index (χ1) is 13.4. The van der Waals surface area contributed by atoms with Gasteiger partial charge in [-0.05, 0) is 42.1 Å². The van der Waals surface area contributed by atoms with Gasteiger partial charge in [0, 0.05) is 12.1 Å². The molecule has 1 aliphatic heterocycles. The predicted molar refractivity (Wildman–Crippen MR) is 108 cm³/mol. The fourth-order valence-electron chi connectivity index (χ4n) is 2.53. The molecule has 0 aliphatic carbocycles. The lowest BCUT2D eigenvalue weighted by Crippen LogP contribution is -2.29. The number of phenolic OH excluding ortho intramolecular Hbond substituents is 2. The number of aromatic hydroxyl groups is 2. The van der Waals surface area contributed by atoms with Gasteiger partial charge in [0.1, 0.15) is 11.5 Å². The largest absolute Gasteiger partial charge is 0.508 e. The number of thioether (sulfide) groups is 1. The van der Waals surface area contributed by atoms with Crippen molar-refractivity contribution in [2.24, 2.45) is 4.99 Å². The normalized spacial score (nSPS) is 16.7. The van der Waals surface area contributed by atoms with E-state index in [1.807, 2.05) is 0 Å². The molecule has 2 aromatic rings. The lowest BCUT2D eigenvalue weighted by molar-refractivity contribution is -0.121. The average Bonchev–Trinajstić information content (AvgIpc) is 2.94. The van der Waals surface area contributed by atoms with E-state index in [0.717, 1.165) is 17.8 Å². The minimum atomic E-state index is -1.25. The number of carboxylic acids is 1. The van der Waals surface area contributed by atoms with E-state index in [1.54, 1.807) is 24.3 Å². The van der Waals surface area contributed by atoms with Crippen LogP contribution in [0.3, 0.4) is 0 Å². The molecule has 3 rings (SSSR count). The summed E-state index contributed by atoms with van der Waals surface area (Å²) < 4.78 is 0. The van der Waals surface area contributed by atoms with Crippen molar-refractivity contribution in [3.8, 4) is 11.5 Å². The molecule has 3 N–H and O–H groups in total. The van der Waals surface area contributed by atoms with Crippen molar-refractivity contribution in [3.63, 3.8) is 0 Å². The lowest BCUT2D eigenvalue weighted by Gasteiger charge is -2.13. The van der Waals surface area contributed by atoms with Crippen LogP contribution < -0.4 is 0 Å². The minimum absolute atomic E-state index is 0.0377. The van der Waals surface area contributed by atoms with Crippen LogP contribution in [0.5, 0.6) is 11.5 Å². The summed E-state index contributed by atoms with van der Waals surface area (Å²) in [6.07, 6.45) is 3.09. The monoisotopic (exact) mass is 396 g/mol. The molecule has 0 atom stereocenters. The fraction of sp³-hybridized carbons (Fsp3) is 0.0500. The van der Waals surface area contributed by atoms with Gasteiger partial charge in [-0.1, -0.05) is 24.3 Å². The topological polar surface area (TPSA) is 110 Å². The van der Waals surface area contributed by atoms with Gasteiger partial charge in [-0.25, -0.2) is 9.79 Å². The number of nitrogens with zero attached hydrogens (tertiary/aromatic N) is 2. The van der Waals surface area contributed by atoms with Gasteiger partial charge < -0.3 is 15.3 Å². The number of amides is 1. The van der Waals surface area contributed by atoms with Gasteiger partial charge >= 0.3 is 5.97 Å². The summed E-state index contributed by atoms with van der Waals surface area (Å²) in [6.45, 7) is 3.82. The number of benzene rings is 2. The molecule has 0 spiro atoms. The van der Waals surface area contributed by atoms with Gasteiger partial charge in [0.05, 0.1) is 16.2 Å². The van der Waals surface area contributed by atoms with Crippen molar-refractivity contribution >= 4 is 40.6 Å². The molecule has 8 heteroatoms. The average molecular weight is 396 g/mol. The molecule has 0 saturated carbocycles. The van der Waals surface area contributed by atoms with Crippen molar-refractivity contribution in [1.82, 2.24) is 4.90 Å². The van der Waals surface area contributed by atoms with Gasteiger partial charge in [-0.15, -0.1) is 6.58 Å². The zero-order chi connectivity index (χ0) is 20.3. The quantitative estimate of drug-likeness (QED) is 0.526. The first-order valence-corrected chi connectivity index (χ1v) is 8.97. The number of carbonyl (C=O) groups excluding carboxylic acids is 1. The van der Waals surface area contributed by atoms with Crippen LogP contribution in [0.2, 0.25) is 0 Å².